The highest BCUT2D eigenvalue weighted by atomic mass is 16.5. The molecule has 4 nitrogen and oxygen atoms in total. The predicted octanol–water partition coefficient (Wildman–Crippen LogP) is 2.22. The summed E-state index contributed by atoms with van der Waals surface area (Å²) in [4.78, 5) is 11.6. The minimum atomic E-state index is -1.02. The summed E-state index contributed by atoms with van der Waals surface area (Å²) >= 11 is 0. The van der Waals surface area contributed by atoms with Crippen LogP contribution in [0.2, 0.25) is 0 Å². The number of esters is 1. The van der Waals surface area contributed by atoms with E-state index in [4.69, 9.17) is 15.2 Å². The second-order valence-corrected chi connectivity index (χ2v) is 5.83. The minimum absolute atomic E-state index is 0.149. The Morgan fingerprint density at radius 2 is 2.10 bits per heavy atom. The van der Waals surface area contributed by atoms with Crippen LogP contribution in [0.4, 0.5) is 0 Å². The van der Waals surface area contributed by atoms with Crippen molar-refractivity contribution in [3.8, 4) is 5.75 Å². The fraction of sp³-hybridized carbons (Fsp3) is 0.562. The van der Waals surface area contributed by atoms with Crippen LogP contribution in [0.3, 0.4) is 0 Å². The second kappa shape index (κ2) is 5.83. The number of aryl methyl sites for hydroxylation is 2. The smallest absolute Gasteiger partial charge is 0.325 e. The van der Waals surface area contributed by atoms with Crippen LogP contribution in [0, 0.1) is 0 Å². The molecule has 0 spiro atoms. The van der Waals surface area contributed by atoms with Gasteiger partial charge in [0, 0.05) is 6.42 Å². The summed E-state index contributed by atoms with van der Waals surface area (Å²) in [5.74, 6) is 0.431. The zero-order valence-corrected chi connectivity index (χ0v) is 12.4. The van der Waals surface area contributed by atoms with Gasteiger partial charge in [-0.25, -0.2) is 0 Å². The Kier molecular flexibility index (Phi) is 4.33. The van der Waals surface area contributed by atoms with Crippen LogP contribution in [0.25, 0.3) is 0 Å². The van der Waals surface area contributed by atoms with Crippen molar-refractivity contribution in [3.05, 3.63) is 29.3 Å². The summed E-state index contributed by atoms with van der Waals surface area (Å²) in [5, 5.41) is 0. The van der Waals surface area contributed by atoms with E-state index in [1.807, 2.05) is 13.0 Å². The maximum Gasteiger partial charge on any atom is 0.325 e. The van der Waals surface area contributed by atoms with Gasteiger partial charge in [-0.3, -0.25) is 4.79 Å². The van der Waals surface area contributed by atoms with E-state index in [9.17, 15) is 4.79 Å². The van der Waals surface area contributed by atoms with Gasteiger partial charge in [0.2, 0.25) is 0 Å². The van der Waals surface area contributed by atoms with E-state index in [0.29, 0.717) is 6.42 Å². The lowest BCUT2D eigenvalue weighted by atomic mass is 9.96. The molecule has 1 aliphatic carbocycles. The van der Waals surface area contributed by atoms with E-state index >= 15 is 0 Å². The molecule has 0 fully saturated rings. The minimum Gasteiger partial charge on any atom is -0.491 e. The van der Waals surface area contributed by atoms with Crippen molar-refractivity contribution in [2.24, 2.45) is 5.73 Å². The van der Waals surface area contributed by atoms with Crippen molar-refractivity contribution >= 4 is 5.97 Å². The Hall–Kier alpha value is -1.55. The molecule has 1 aromatic carbocycles. The topological polar surface area (TPSA) is 61.5 Å². The average Bonchev–Trinajstić information content (AvgIpc) is 2.84. The predicted molar refractivity (Wildman–Crippen MR) is 77.8 cm³/mol. The summed E-state index contributed by atoms with van der Waals surface area (Å²) in [5.41, 5.74) is 7.73. The molecule has 4 heteroatoms. The molecule has 1 aromatic rings. The van der Waals surface area contributed by atoms with Crippen LogP contribution in [0.5, 0.6) is 5.75 Å². The molecule has 1 aliphatic rings. The molecule has 2 rings (SSSR count). The van der Waals surface area contributed by atoms with Gasteiger partial charge in [-0.1, -0.05) is 6.07 Å². The molecule has 0 heterocycles. The number of carbonyl (C=O) groups excluding carboxylic acids is 1. The summed E-state index contributed by atoms with van der Waals surface area (Å²) in [6, 6.07) is 6.23. The third-order valence-corrected chi connectivity index (χ3v) is 3.77. The Labute approximate surface area is 120 Å². The number of rotatable bonds is 5. The number of methoxy groups -OCH3 is 1. The normalized spacial score (nSPS) is 18.0. The van der Waals surface area contributed by atoms with E-state index in [-0.39, 0.29) is 6.10 Å². The number of nitrogens with two attached hydrogens (primary N) is 1. The number of ether oxygens (including phenoxy) is 2. The van der Waals surface area contributed by atoms with Gasteiger partial charge in [0.15, 0.2) is 0 Å². The number of fused-ring (bicyclic) bond motifs is 1. The zero-order valence-electron chi connectivity index (χ0n) is 12.4. The van der Waals surface area contributed by atoms with Crippen molar-refractivity contribution in [2.75, 3.05) is 7.11 Å². The quantitative estimate of drug-likeness (QED) is 0.838. The van der Waals surface area contributed by atoms with Crippen molar-refractivity contribution in [3.63, 3.8) is 0 Å². The van der Waals surface area contributed by atoms with Gasteiger partial charge in [-0.05, 0) is 56.4 Å². The molecule has 0 amide bonds. The monoisotopic (exact) mass is 277 g/mol. The zero-order chi connectivity index (χ0) is 14.8. The summed E-state index contributed by atoms with van der Waals surface area (Å²) in [6.45, 7) is 3.59. The van der Waals surface area contributed by atoms with E-state index in [1.54, 1.807) is 6.92 Å². The van der Waals surface area contributed by atoms with E-state index in [1.165, 1.54) is 24.7 Å². The van der Waals surface area contributed by atoms with Crippen LogP contribution in [-0.4, -0.2) is 24.7 Å². The van der Waals surface area contributed by atoms with Gasteiger partial charge in [-0.15, -0.1) is 0 Å². The number of carbonyl (C=O) groups is 1. The third-order valence-electron chi connectivity index (χ3n) is 3.77. The Morgan fingerprint density at radius 1 is 1.40 bits per heavy atom. The maximum absolute atomic E-state index is 11.6. The summed E-state index contributed by atoms with van der Waals surface area (Å²) in [6.07, 6.45) is 3.77. The molecule has 0 aliphatic heterocycles. The number of benzene rings is 1. The molecule has 110 valence electrons. The Bertz CT molecular complexity index is 496. The lowest BCUT2D eigenvalue weighted by molar-refractivity contribution is -0.147. The van der Waals surface area contributed by atoms with Gasteiger partial charge in [0.05, 0.1) is 13.2 Å². The highest BCUT2D eigenvalue weighted by Crippen LogP contribution is 2.27. The average molecular weight is 277 g/mol. The van der Waals surface area contributed by atoms with Crippen molar-refractivity contribution in [1.29, 1.82) is 0 Å². The highest BCUT2D eigenvalue weighted by Gasteiger charge is 2.32. The van der Waals surface area contributed by atoms with Gasteiger partial charge in [0.1, 0.15) is 11.3 Å². The molecule has 2 unspecified atom stereocenters. The molecule has 2 N–H and O–H groups in total. The van der Waals surface area contributed by atoms with E-state index in [0.717, 1.165) is 18.6 Å². The first-order chi connectivity index (χ1) is 9.42. The molecular weight excluding hydrogens is 254 g/mol. The van der Waals surface area contributed by atoms with Crippen LogP contribution < -0.4 is 10.5 Å². The van der Waals surface area contributed by atoms with Gasteiger partial charge >= 0.3 is 5.97 Å². The first-order valence-electron chi connectivity index (χ1n) is 7.08. The first kappa shape index (κ1) is 14.9. The standard InChI is InChI=1S/C16H23NO3/c1-11(10-16(2,17)15(18)19-3)20-14-8-7-12-5-4-6-13(12)9-14/h7-9,11H,4-6,10,17H2,1-3H3. The number of hydrogen-bond acceptors (Lipinski definition) is 4. The van der Waals surface area contributed by atoms with Gasteiger partial charge < -0.3 is 15.2 Å². The molecule has 20 heavy (non-hydrogen) atoms. The lowest BCUT2D eigenvalue weighted by Crippen LogP contribution is -2.48. The summed E-state index contributed by atoms with van der Waals surface area (Å²) < 4.78 is 10.6. The molecular formula is C16H23NO3. The van der Waals surface area contributed by atoms with Crippen LogP contribution >= 0.6 is 0 Å². The Morgan fingerprint density at radius 3 is 2.80 bits per heavy atom. The maximum atomic E-state index is 11.6. The second-order valence-electron chi connectivity index (χ2n) is 5.83. The van der Waals surface area contributed by atoms with Crippen LogP contribution in [0.15, 0.2) is 18.2 Å². The van der Waals surface area contributed by atoms with Crippen molar-refractivity contribution in [2.45, 2.75) is 51.2 Å². The molecule has 0 bridgehead atoms. The first-order valence-corrected chi connectivity index (χ1v) is 7.08. The highest BCUT2D eigenvalue weighted by molar-refractivity contribution is 5.79. The van der Waals surface area contributed by atoms with E-state index in [2.05, 4.69) is 12.1 Å². The van der Waals surface area contributed by atoms with Crippen LogP contribution in [0.1, 0.15) is 37.8 Å². The summed E-state index contributed by atoms with van der Waals surface area (Å²) in [7, 11) is 1.35. The fourth-order valence-electron chi connectivity index (χ4n) is 2.81. The SMILES string of the molecule is COC(=O)C(C)(N)CC(C)Oc1ccc2c(c1)CCC2. The van der Waals surface area contributed by atoms with Gasteiger partial charge in [-0.2, -0.15) is 0 Å². The third kappa shape index (κ3) is 3.31. The van der Waals surface area contributed by atoms with Crippen molar-refractivity contribution in [1.82, 2.24) is 0 Å². The van der Waals surface area contributed by atoms with Crippen molar-refractivity contribution < 1.29 is 14.3 Å². The molecule has 0 radical (unpaired) electrons. The largest absolute Gasteiger partial charge is 0.491 e. The van der Waals surface area contributed by atoms with E-state index < -0.39 is 11.5 Å². The molecule has 0 aromatic heterocycles. The molecule has 2 atom stereocenters. The molecule has 0 saturated carbocycles. The molecule has 0 saturated heterocycles. The Balaban J connectivity index is 1.98. The van der Waals surface area contributed by atoms with Crippen LogP contribution in [-0.2, 0) is 22.4 Å². The lowest BCUT2D eigenvalue weighted by Gasteiger charge is -2.25. The van der Waals surface area contributed by atoms with Gasteiger partial charge in [0.25, 0.3) is 0 Å². The number of hydrogen-bond donors (Lipinski definition) is 1. The fourth-order valence-corrected chi connectivity index (χ4v) is 2.81.